The van der Waals surface area contributed by atoms with Gasteiger partial charge in [0.25, 0.3) is 0 Å². The Balaban J connectivity index is 4.40. The van der Waals surface area contributed by atoms with Crippen molar-refractivity contribution in [3.63, 3.8) is 0 Å². The Kier molecular flexibility index (Phi) is 3.49. The second-order valence-electron chi connectivity index (χ2n) is 1.58. The molecule has 80 valence electrons. The molecule has 0 rings (SSSR count). The third kappa shape index (κ3) is 4.57. The Morgan fingerprint density at radius 3 is 1.62 bits per heavy atom. The van der Waals surface area contributed by atoms with E-state index in [4.69, 9.17) is 0 Å². The third-order valence-corrected chi connectivity index (χ3v) is 2.62. The van der Waals surface area contributed by atoms with E-state index in [1.54, 1.807) is 0 Å². The van der Waals surface area contributed by atoms with Crippen LogP contribution < -0.4 is 4.13 Å². The molecular formula is C2HF6NO2S2. The van der Waals surface area contributed by atoms with Gasteiger partial charge in [0.15, 0.2) is 0 Å². The van der Waals surface area contributed by atoms with Crippen molar-refractivity contribution < 1.29 is 34.8 Å². The van der Waals surface area contributed by atoms with Crippen molar-refractivity contribution >= 4 is 22.0 Å². The van der Waals surface area contributed by atoms with Crippen molar-refractivity contribution in [3.8, 4) is 0 Å². The predicted octanol–water partition coefficient (Wildman–Crippen LogP) is 1.59. The normalized spacial score (nSPS) is 14.6. The van der Waals surface area contributed by atoms with E-state index in [0.29, 0.717) is 0 Å². The highest BCUT2D eigenvalue weighted by Crippen LogP contribution is 2.31. The summed E-state index contributed by atoms with van der Waals surface area (Å²) in [4.78, 5) is 0. The van der Waals surface area contributed by atoms with Crippen LogP contribution in [0.4, 0.5) is 26.3 Å². The first kappa shape index (κ1) is 12.8. The van der Waals surface area contributed by atoms with Gasteiger partial charge < -0.3 is 0 Å². The molecule has 0 aromatic heterocycles. The van der Waals surface area contributed by atoms with Crippen molar-refractivity contribution in [3.05, 3.63) is 0 Å². The zero-order valence-corrected chi connectivity index (χ0v) is 7.03. The molecule has 0 atom stereocenters. The van der Waals surface area contributed by atoms with Crippen LogP contribution in [-0.4, -0.2) is 19.4 Å². The third-order valence-electron chi connectivity index (χ3n) is 0.572. The summed E-state index contributed by atoms with van der Waals surface area (Å²) in [6.07, 6.45) is 0. The fraction of sp³-hybridized carbons (Fsp3) is 1.00. The molecule has 0 fully saturated rings. The van der Waals surface area contributed by atoms with Gasteiger partial charge in [-0.2, -0.15) is 26.3 Å². The summed E-state index contributed by atoms with van der Waals surface area (Å²) in [5.74, 6) is 0. The highest BCUT2D eigenvalue weighted by Gasteiger charge is 2.48. The molecule has 0 unspecified atom stereocenters. The summed E-state index contributed by atoms with van der Waals surface area (Å²) in [6, 6.07) is 0. The molecule has 0 spiro atoms. The van der Waals surface area contributed by atoms with Gasteiger partial charge in [0.1, 0.15) is 0 Å². The van der Waals surface area contributed by atoms with Crippen LogP contribution in [-0.2, 0) is 10.0 Å². The number of alkyl halides is 6. The topological polar surface area (TPSA) is 46.2 Å². The van der Waals surface area contributed by atoms with E-state index >= 15 is 0 Å². The van der Waals surface area contributed by atoms with Gasteiger partial charge in [-0.15, -0.1) is 4.13 Å². The number of nitrogens with one attached hydrogen (secondary N) is 1. The molecular weight excluding hydrogens is 248 g/mol. The van der Waals surface area contributed by atoms with Crippen LogP contribution >= 0.6 is 11.9 Å². The Labute approximate surface area is 72.7 Å². The largest absolute Gasteiger partial charge is 0.512 e. The van der Waals surface area contributed by atoms with Crippen LogP contribution in [0, 0.1) is 0 Å². The van der Waals surface area contributed by atoms with E-state index < -0.39 is 33.0 Å². The summed E-state index contributed by atoms with van der Waals surface area (Å²) < 4.78 is 88.0. The molecule has 1 N–H and O–H groups in total. The van der Waals surface area contributed by atoms with Gasteiger partial charge in [-0.25, -0.2) is 8.42 Å². The maximum absolute atomic E-state index is 11.4. The molecule has 0 saturated heterocycles. The molecule has 0 amide bonds. The lowest BCUT2D eigenvalue weighted by atomic mass is 11.6. The molecule has 3 nitrogen and oxygen atoms in total. The van der Waals surface area contributed by atoms with Gasteiger partial charge >= 0.3 is 21.0 Å². The second-order valence-corrected chi connectivity index (χ2v) is 4.38. The summed E-state index contributed by atoms with van der Waals surface area (Å²) in [5.41, 5.74) is -10.8. The van der Waals surface area contributed by atoms with Crippen LogP contribution in [0.25, 0.3) is 0 Å². The molecule has 0 heterocycles. The van der Waals surface area contributed by atoms with E-state index in [0.717, 1.165) is 0 Å². The number of sulfonamides is 1. The SMILES string of the molecule is O=S(=O)(NSC(F)(F)F)C(F)(F)F. The molecule has 0 bridgehead atoms. The van der Waals surface area contributed by atoms with Crippen molar-refractivity contribution in [1.29, 1.82) is 0 Å². The first-order chi connectivity index (χ1) is 5.46. The monoisotopic (exact) mass is 249 g/mol. The zero-order valence-electron chi connectivity index (χ0n) is 5.40. The van der Waals surface area contributed by atoms with E-state index in [2.05, 4.69) is 0 Å². The zero-order chi connectivity index (χ0) is 10.9. The lowest BCUT2D eigenvalue weighted by Crippen LogP contribution is -2.34. The van der Waals surface area contributed by atoms with E-state index in [9.17, 15) is 34.8 Å². The Hall–Kier alpha value is -0.160. The quantitative estimate of drug-likeness (QED) is 0.597. The fourth-order valence-corrected chi connectivity index (χ4v) is 1.34. The number of halogens is 6. The van der Waals surface area contributed by atoms with Gasteiger partial charge in [0, 0.05) is 11.9 Å². The van der Waals surface area contributed by atoms with E-state index in [1.165, 1.54) is 0 Å². The van der Waals surface area contributed by atoms with Gasteiger partial charge in [0.05, 0.1) is 0 Å². The molecule has 0 aromatic rings. The maximum Gasteiger partial charge on any atom is 0.512 e. The van der Waals surface area contributed by atoms with E-state index in [-0.39, 0.29) is 4.13 Å². The molecule has 0 aliphatic rings. The fourth-order valence-electron chi connectivity index (χ4n) is 0.149. The maximum atomic E-state index is 11.4. The summed E-state index contributed by atoms with van der Waals surface area (Å²) in [5, 5.41) is 0. The van der Waals surface area contributed by atoms with E-state index in [1.807, 2.05) is 0 Å². The minimum atomic E-state index is -5.94. The van der Waals surface area contributed by atoms with Crippen molar-refractivity contribution in [1.82, 2.24) is 4.13 Å². The molecule has 11 heteroatoms. The first-order valence-electron chi connectivity index (χ1n) is 2.28. The van der Waals surface area contributed by atoms with Crippen molar-refractivity contribution in [2.75, 3.05) is 0 Å². The minimum Gasteiger partial charge on any atom is -0.202 e. The molecule has 0 radical (unpaired) electrons. The minimum absolute atomic E-state index is 0.278. The molecule has 0 aliphatic heterocycles. The standard InChI is InChI=1S/C2HF6NO2S2/c3-1(4,5)12-9-13(10,11)2(6,7)8/h9H. The molecule has 0 aromatic carbocycles. The van der Waals surface area contributed by atoms with Gasteiger partial charge in [-0.1, -0.05) is 0 Å². The number of rotatable bonds is 2. The van der Waals surface area contributed by atoms with Gasteiger partial charge in [-0.05, 0) is 0 Å². The summed E-state index contributed by atoms with van der Waals surface area (Å²) >= 11 is -1.49. The summed E-state index contributed by atoms with van der Waals surface area (Å²) in [7, 11) is -5.94. The second kappa shape index (κ2) is 3.53. The average Bonchev–Trinajstić information content (AvgIpc) is 1.79. The van der Waals surface area contributed by atoms with Gasteiger partial charge in [0.2, 0.25) is 0 Å². The molecule has 0 aliphatic carbocycles. The first-order valence-corrected chi connectivity index (χ1v) is 4.58. The van der Waals surface area contributed by atoms with Crippen LogP contribution in [0.15, 0.2) is 0 Å². The van der Waals surface area contributed by atoms with Crippen LogP contribution in [0.3, 0.4) is 0 Å². The molecule has 0 saturated carbocycles. The lowest BCUT2D eigenvalue weighted by molar-refractivity contribution is -0.0446. The van der Waals surface area contributed by atoms with Gasteiger partial charge in [-0.3, -0.25) is 0 Å². The smallest absolute Gasteiger partial charge is 0.202 e. The Morgan fingerprint density at radius 1 is 1.00 bits per heavy atom. The predicted molar refractivity (Wildman–Crippen MR) is 31.8 cm³/mol. The van der Waals surface area contributed by atoms with Crippen molar-refractivity contribution in [2.45, 2.75) is 11.0 Å². The summed E-state index contributed by atoms with van der Waals surface area (Å²) in [6.45, 7) is 0. The molecule has 13 heavy (non-hydrogen) atoms. The highest BCUT2D eigenvalue weighted by molar-refractivity contribution is 8.09. The van der Waals surface area contributed by atoms with Crippen LogP contribution in [0.1, 0.15) is 0 Å². The Morgan fingerprint density at radius 2 is 1.38 bits per heavy atom. The number of hydrogen-bond acceptors (Lipinski definition) is 3. The Bertz CT molecular complexity index is 263. The highest BCUT2D eigenvalue weighted by atomic mass is 32.3. The van der Waals surface area contributed by atoms with Crippen LogP contribution in [0.2, 0.25) is 0 Å². The lowest BCUT2D eigenvalue weighted by Gasteiger charge is -2.09. The van der Waals surface area contributed by atoms with Crippen molar-refractivity contribution in [2.24, 2.45) is 0 Å². The number of hydrogen-bond donors (Lipinski definition) is 1. The average molecular weight is 249 g/mol. The van der Waals surface area contributed by atoms with Crippen LogP contribution in [0.5, 0.6) is 0 Å².